The first-order valence-corrected chi connectivity index (χ1v) is 7.77. The van der Waals surface area contributed by atoms with Gasteiger partial charge in [-0.3, -0.25) is 0 Å². The van der Waals surface area contributed by atoms with Crippen molar-refractivity contribution in [3.05, 3.63) is 59.9 Å². The van der Waals surface area contributed by atoms with E-state index >= 15 is 0 Å². The van der Waals surface area contributed by atoms with Crippen molar-refractivity contribution in [3.8, 4) is 17.5 Å². The Balaban J connectivity index is 1.87. The Labute approximate surface area is 147 Å². The first kappa shape index (κ1) is 17.8. The summed E-state index contributed by atoms with van der Waals surface area (Å²) in [4.78, 5) is 8.40. The third kappa shape index (κ3) is 3.96. The molecule has 0 aliphatic carbocycles. The van der Waals surface area contributed by atoms with E-state index in [1.807, 2.05) is 0 Å². The largest absolute Gasteiger partial charge is 0.467 e. The molecule has 0 saturated carbocycles. The Morgan fingerprint density at radius 3 is 2.58 bits per heavy atom. The lowest BCUT2D eigenvalue weighted by atomic mass is 10.0. The molecule has 5 nitrogen and oxygen atoms in total. The molecule has 3 aromatic rings. The smallest absolute Gasteiger partial charge is 0.416 e. The number of hydrogen-bond acceptors (Lipinski definition) is 5. The number of methoxy groups -OCH3 is 1. The average molecular weight is 363 g/mol. The van der Waals surface area contributed by atoms with Crippen LogP contribution in [0.1, 0.15) is 24.1 Å². The van der Waals surface area contributed by atoms with Crippen molar-refractivity contribution in [1.29, 1.82) is 0 Å². The molecule has 3 rings (SSSR count). The van der Waals surface area contributed by atoms with Crippen LogP contribution < -0.4 is 10.1 Å². The molecule has 0 amide bonds. The van der Waals surface area contributed by atoms with Gasteiger partial charge in [-0.15, -0.1) is 0 Å². The van der Waals surface area contributed by atoms with E-state index in [-0.39, 0.29) is 6.01 Å². The fraction of sp³-hybridized carbons (Fsp3) is 0.222. The van der Waals surface area contributed by atoms with Crippen LogP contribution in [0.5, 0.6) is 6.01 Å². The van der Waals surface area contributed by atoms with Gasteiger partial charge in [0, 0.05) is 12.1 Å². The van der Waals surface area contributed by atoms with Crippen LogP contribution in [0, 0.1) is 0 Å². The van der Waals surface area contributed by atoms with Crippen molar-refractivity contribution < 1.29 is 22.3 Å². The van der Waals surface area contributed by atoms with E-state index in [1.165, 1.54) is 19.4 Å². The van der Waals surface area contributed by atoms with Crippen molar-refractivity contribution in [1.82, 2.24) is 9.97 Å². The summed E-state index contributed by atoms with van der Waals surface area (Å²) < 4.78 is 49.1. The van der Waals surface area contributed by atoms with Gasteiger partial charge in [0.15, 0.2) is 5.76 Å². The monoisotopic (exact) mass is 363 g/mol. The quantitative estimate of drug-likeness (QED) is 0.696. The maximum atomic E-state index is 12.9. The van der Waals surface area contributed by atoms with Gasteiger partial charge in [0.25, 0.3) is 0 Å². The van der Waals surface area contributed by atoms with Gasteiger partial charge >= 0.3 is 12.2 Å². The molecule has 1 N–H and O–H groups in total. The van der Waals surface area contributed by atoms with Crippen LogP contribution in [0.15, 0.2) is 53.1 Å². The van der Waals surface area contributed by atoms with Crippen molar-refractivity contribution in [2.45, 2.75) is 19.1 Å². The summed E-state index contributed by atoms with van der Waals surface area (Å²) in [6.45, 7) is 1.75. The molecule has 136 valence electrons. The number of ether oxygens (including phenoxy) is 1. The summed E-state index contributed by atoms with van der Waals surface area (Å²) in [5.74, 6) is 0.939. The zero-order valence-electron chi connectivity index (χ0n) is 14.0. The summed E-state index contributed by atoms with van der Waals surface area (Å²) in [6, 6.07) is 9.97. The normalized spacial score (nSPS) is 12.7. The van der Waals surface area contributed by atoms with Crippen molar-refractivity contribution in [2.24, 2.45) is 0 Å². The van der Waals surface area contributed by atoms with Gasteiger partial charge in [-0.25, -0.2) is 0 Å². The number of nitrogens with one attached hydrogen (secondary N) is 1. The minimum atomic E-state index is -4.39. The van der Waals surface area contributed by atoms with E-state index in [0.717, 1.165) is 12.1 Å². The van der Waals surface area contributed by atoms with E-state index in [2.05, 4.69) is 15.3 Å². The summed E-state index contributed by atoms with van der Waals surface area (Å²) in [6.07, 6.45) is -2.87. The van der Waals surface area contributed by atoms with E-state index in [1.54, 1.807) is 31.2 Å². The van der Waals surface area contributed by atoms with Crippen LogP contribution >= 0.6 is 0 Å². The molecule has 0 aliphatic rings. The molecule has 0 fully saturated rings. The Hall–Kier alpha value is -3.03. The van der Waals surface area contributed by atoms with E-state index < -0.39 is 17.8 Å². The first-order chi connectivity index (χ1) is 12.4. The summed E-state index contributed by atoms with van der Waals surface area (Å²) in [5.41, 5.74) is 0.290. The summed E-state index contributed by atoms with van der Waals surface area (Å²) >= 11 is 0. The van der Waals surface area contributed by atoms with Crippen molar-refractivity contribution >= 4 is 5.82 Å². The Bertz CT molecular complexity index is 880. The first-order valence-electron chi connectivity index (χ1n) is 7.77. The third-order valence-corrected chi connectivity index (χ3v) is 3.74. The maximum Gasteiger partial charge on any atom is 0.416 e. The fourth-order valence-electron chi connectivity index (χ4n) is 2.43. The second-order valence-corrected chi connectivity index (χ2v) is 5.59. The molecule has 1 atom stereocenters. The highest BCUT2D eigenvalue weighted by molar-refractivity contribution is 5.58. The SMILES string of the molecule is COc1nc(NC(C)c2cccc(C(F)(F)F)c2)cc(-c2ccco2)n1. The van der Waals surface area contributed by atoms with Crippen LogP contribution in [-0.4, -0.2) is 17.1 Å². The fourth-order valence-corrected chi connectivity index (χ4v) is 2.43. The molecule has 0 spiro atoms. The molecule has 1 aromatic carbocycles. The highest BCUT2D eigenvalue weighted by atomic mass is 19.4. The molecule has 2 heterocycles. The Morgan fingerprint density at radius 2 is 1.92 bits per heavy atom. The predicted molar refractivity (Wildman–Crippen MR) is 89.8 cm³/mol. The molecular weight excluding hydrogens is 347 g/mol. The number of rotatable bonds is 5. The molecule has 2 aromatic heterocycles. The number of aromatic nitrogens is 2. The van der Waals surface area contributed by atoms with E-state index in [4.69, 9.17) is 9.15 Å². The van der Waals surface area contributed by atoms with Crippen LogP contribution in [0.2, 0.25) is 0 Å². The molecular formula is C18H16F3N3O2. The zero-order valence-corrected chi connectivity index (χ0v) is 14.0. The maximum absolute atomic E-state index is 12.9. The third-order valence-electron chi connectivity index (χ3n) is 3.74. The number of halogens is 3. The van der Waals surface area contributed by atoms with Gasteiger partial charge < -0.3 is 14.5 Å². The average Bonchev–Trinajstić information content (AvgIpc) is 3.15. The molecule has 26 heavy (non-hydrogen) atoms. The molecule has 0 radical (unpaired) electrons. The lowest BCUT2D eigenvalue weighted by Crippen LogP contribution is -2.11. The lowest BCUT2D eigenvalue weighted by Gasteiger charge is -2.17. The molecule has 8 heteroatoms. The van der Waals surface area contributed by atoms with Crippen LogP contribution in [-0.2, 0) is 6.18 Å². The second kappa shape index (κ2) is 7.07. The van der Waals surface area contributed by atoms with Crippen molar-refractivity contribution in [2.75, 3.05) is 12.4 Å². The Morgan fingerprint density at radius 1 is 1.12 bits per heavy atom. The topological polar surface area (TPSA) is 60.2 Å². The summed E-state index contributed by atoms with van der Waals surface area (Å²) in [7, 11) is 1.43. The standard InChI is InChI=1S/C18H16F3N3O2/c1-11(12-5-3-6-13(9-12)18(19,20)21)22-16-10-14(15-7-4-8-26-15)23-17(24-16)25-2/h3-11H,1-2H3,(H,22,23,24). The number of alkyl halides is 3. The molecule has 0 bridgehead atoms. The van der Waals surface area contributed by atoms with E-state index in [9.17, 15) is 13.2 Å². The molecule has 0 aliphatic heterocycles. The van der Waals surface area contributed by atoms with Crippen LogP contribution in [0.3, 0.4) is 0 Å². The molecule has 0 saturated heterocycles. The van der Waals surface area contributed by atoms with Crippen molar-refractivity contribution in [3.63, 3.8) is 0 Å². The van der Waals surface area contributed by atoms with Gasteiger partial charge in [0.05, 0.1) is 18.9 Å². The van der Waals surface area contributed by atoms with Gasteiger partial charge in [-0.1, -0.05) is 12.1 Å². The predicted octanol–water partition coefficient (Wildman–Crippen LogP) is 4.94. The Kier molecular flexibility index (Phi) is 4.83. The van der Waals surface area contributed by atoms with Gasteiger partial charge in [0.1, 0.15) is 11.5 Å². The number of hydrogen-bond donors (Lipinski definition) is 1. The number of furan rings is 1. The number of anilines is 1. The zero-order chi connectivity index (χ0) is 18.7. The lowest BCUT2D eigenvalue weighted by molar-refractivity contribution is -0.137. The number of benzene rings is 1. The van der Waals surface area contributed by atoms with Gasteiger partial charge in [-0.2, -0.15) is 23.1 Å². The second-order valence-electron chi connectivity index (χ2n) is 5.59. The highest BCUT2D eigenvalue weighted by Gasteiger charge is 2.30. The van der Waals surface area contributed by atoms with Crippen LogP contribution in [0.25, 0.3) is 11.5 Å². The number of nitrogens with zero attached hydrogens (tertiary/aromatic N) is 2. The molecule has 1 unspecified atom stereocenters. The summed E-state index contributed by atoms with van der Waals surface area (Å²) in [5, 5.41) is 3.07. The highest BCUT2D eigenvalue weighted by Crippen LogP contribution is 2.31. The van der Waals surface area contributed by atoms with Gasteiger partial charge in [0.2, 0.25) is 0 Å². The minimum absolute atomic E-state index is 0.123. The minimum Gasteiger partial charge on any atom is -0.467 e. The van der Waals surface area contributed by atoms with Gasteiger partial charge in [-0.05, 0) is 36.8 Å². The van der Waals surface area contributed by atoms with E-state index in [0.29, 0.717) is 22.8 Å². The van der Waals surface area contributed by atoms with Crippen LogP contribution in [0.4, 0.5) is 19.0 Å².